The Hall–Kier alpha value is -1.55. The molecule has 4 rings (SSSR count). The number of likely N-dealkylation sites (tertiary alicyclic amines) is 1. The van der Waals surface area contributed by atoms with Crippen LogP contribution in [0.3, 0.4) is 0 Å². The normalized spacial score (nSPS) is 28.2. The average molecular weight is 286 g/mol. The van der Waals surface area contributed by atoms with Crippen molar-refractivity contribution >= 4 is 11.6 Å². The molecule has 1 amide bonds. The van der Waals surface area contributed by atoms with Crippen molar-refractivity contribution in [3.05, 3.63) is 29.8 Å². The van der Waals surface area contributed by atoms with Crippen molar-refractivity contribution in [2.24, 2.45) is 5.92 Å². The molecule has 0 aromatic heterocycles. The number of anilines is 1. The molecule has 1 aromatic carbocycles. The second-order valence-corrected chi connectivity index (χ2v) is 6.31. The van der Waals surface area contributed by atoms with Crippen molar-refractivity contribution in [3.8, 4) is 0 Å². The van der Waals surface area contributed by atoms with Crippen LogP contribution < -0.4 is 4.90 Å². The third kappa shape index (κ3) is 2.22. The predicted molar refractivity (Wildman–Crippen MR) is 81.4 cm³/mol. The summed E-state index contributed by atoms with van der Waals surface area (Å²) in [6.07, 6.45) is 3.16. The van der Waals surface area contributed by atoms with Gasteiger partial charge in [0.15, 0.2) is 0 Å². The van der Waals surface area contributed by atoms with Gasteiger partial charge in [0.05, 0.1) is 25.2 Å². The Morgan fingerprint density at radius 2 is 1.95 bits per heavy atom. The number of hydrogen-bond donors (Lipinski definition) is 0. The van der Waals surface area contributed by atoms with Gasteiger partial charge in [-0.1, -0.05) is 18.2 Å². The van der Waals surface area contributed by atoms with E-state index in [4.69, 9.17) is 4.74 Å². The van der Waals surface area contributed by atoms with Crippen molar-refractivity contribution in [2.45, 2.75) is 25.3 Å². The Morgan fingerprint density at radius 3 is 2.81 bits per heavy atom. The number of amides is 1. The smallest absolute Gasteiger partial charge is 0.228 e. The highest BCUT2D eigenvalue weighted by Crippen LogP contribution is 2.36. The topological polar surface area (TPSA) is 32.8 Å². The van der Waals surface area contributed by atoms with Gasteiger partial charge in [-0.15, -0.1) is 0 Å². The van der Waals surface area contributed by atoms with E-state index in [2.05, 4.69) is 34.1 Å². The minimum Gasteiger partial charge on any atom is -0.377 e. The van der Waals surface area contributed by atoms with E-state index in [1.165, 1.54) is 11.3 Å². The number of para-hydroxylation sites is 1. The fourth-order valence-electron chi connectivity index (χ4n) is 4.02. The highest BCUT2D eigenvalue weighted by molar-refractivity contribution is 5.82. The van der Waals surface area contributed by atoms with E-state index >= 15 is 0 Å². The second-order valence-electron chi connectivity index (χ2n) is 6.31. The number of ether oxygens (including phenoxy) is 1. The molecule has 0 spiro atoms. The van der Waals surface area contributed by atoms with Crippen LogP contribution in [0.15, 0.2) is 24.3 Å². The molecule has 112 valence electrons. The van der Waals surface area contributed by atoms with E-state index in [0.29, 0.717) is 12.5 Å². The molecule has 2 saturated heterocycles. The predicted octanol–water partition coefficient (Wildman–Crippen LogP) is 1.69. The summed E-state index contributed by atoms with van der Waals surface area (Å²) in [5.74, 6) is 0.390. The van der Waals surface area contributed by atoms with Gasteiger partial charge < -0.3 is 14.5 Å². The van der Waals surface area contributed by atoms with Gasteiger partial charge in [-0.3, -0.25) is 4.79 Å². The Bertz CT molecular complexity index is 539. The summed E-state index contributed by atoms with van der Waals surface area (Å²) in [4.78, 5) is 17.4. The number of fused-ring (bicyclic) bond motifs is 3. The Morgan fingerprint density at radius 1 is 1.14 bits per heavy atom. The summed E-state index contributed by atoms with van der Waals surface area (Å²) in [5, 5.41) is 0. The molecule has 1 aromatic rings. The summed E-state index contributed by atoms with van der Waals surface area (Å²) in [6, 6.07) is 8.74. The van der Waals surface area contributed by atoms with Crippen LogP contribution in [-0.2, 0) is 16.0 Å². The first-order valence-corrected chi connectivity index (χ1v) is 8.05. The molecule has 2 atom stereocenters. The maximum atomic E-state index is 12.9. The van der Waals surface area contributed by atoms with Gasteiger partial charge in [0.25, 0.3) is 0 Å². The van der Waals surface area contributed by atoms with Gasteiger partial charge in [-0.25, -0.2) is 0 Å². The maximum absolute atomic E-state index is 12.9. The largest absolute Gasteiger partial charge is 0.377 e. The highest BCUT2D eigenvalue weighted by atomic mass is 16.5. The number of benzene rings is 1. The maximum Gasteiger partial charge on any atom is 0.228 e. The fraction of sp³-hybridized carbons (Fsp3) is 0.588. The standard InChI is InChI=1S/C17H22N2O2/c20-17(18-7-3-4-8-18)14-11-13-5-1-2-6-15(13)19-9-10-21-12-16(14)19/h1-2,5-6,14,16H,3-4,7-12H2. The molecule has 21 heavy (non-hydrogen) atoms. The van der Waals surface area contributed by atoms with Crippen molar-refractivity contribution in [1.82, 2.24) is 4.90 Å². The molecular formula is C17H22N2O2. The first kappa shape index (κ1) is 13.1. The van der Waals surface area contributed by atoms with Gasteiger partial charge in [-0.05, 0) is 30.9 Å². The molecule has 3 heterocycles. The van der Waals surface area contributed by atoms with Crippen molar-refractivity contribution in [1.29, 1.82) is 0 Å². The number of nitrogens with zero attached hydrogens (tertiary/aromatic N) is 2. The van der Waals surface area contributed by atoms with Gasteiger partial charge >= 0.3 is 0 Å². The molecule has 4 nitrogen and oxygen atoms in total. The third-order valence-corrected chi connectivity index (χ3v) is 5.11. The minimum atomic E-state index is 0.0540. The molecule has 2 unspecified atom stereocenters. The van der Waals surface area contributed by atoms with E-state index in [1.54, 1.807) is 0 Å². The van der Waals surface area contributed by atoms with E-state index in [-0.39, 0.29) is 12.0 Å². The quantitative estimate of drug-likeness (QED) is 0.787. The monoisotopic (exact) mass is 286 g/mol. The first-order valence-electron chi connectivity index (χ1n) is 8.05. The number of morpholine rings is 1. The zero-order chi connectivity index (χ0) is 14.2. The van der Waals surface area contributed by atoms with Crippen LogP contribution in [0.4, 0.5) is 5.69 Å². The molecule has 4 heteroatoms. The van der Waals surface area contributed by atoms with Crippen LogP contribution in [0.25, 0.3) is 0 Å². The molecule has 2 fully saturated rings. The molecule has 0 saturated carbocycles. The van der Waals surface area contributed by atoms with Crippen LogP contribution in [-0.4, -0.2) is 49.7 Å². The van der Waals surface area contributed by atoms with Gasteiger partial charge in [0.2, 0.25) is 5.91 Å². The zero-order valence-electron chi connectivity index (χ0n) is 12.3. The molecule has 0 aliphatic carbocycles. The lowest BCUT2D eigenvalue weighted by molar-refractivity contribution is -0.136. The summed E-state index contributed by atoms with van der Waals surface area (Å²) in [6.45, 7) is 4.20. The molecular weight excluding hydrogens is 264 g/mol. The van der Waals surface area contributed by atoms with Gasteiger partial charge in [0.1, 0.15) is 0 Å². The van der Waals surface area contributed by atoms with E-state index < -0.39 is 0 Å². The molecule has 0 bridgehead atoms. The number of carbonyl (C=O) groups is 1. The van der Waals surface area contributed by atoms with Crippen LogP contribution >= 0.6 is 0 Å². The van der Waals surface area contributed by atoms with Crippen molar-refractivity contribution < 1.29 is 9.53 Å². The molecule has 0 N–H and O–H groups in total. The molecule has 3 aliphatic heterocycles. The fourth-order valence-corrected chi connectivity index (χ4v) is 4.02. The van der Waals surface area contributed by atoms with E-state index in [1.807, 2.05) is 0 Å². The lowest BCUT2D eigenvalue weighted by atomic mass is 9.84. The molecule has 0 radical (unpaired) electrons. The number of hydrogen-bond acceptors (Lipinski definition) is 3. The van der Waals surface area contributed by atoms with Crippen LogP contribution in [0, 0.1) is 5.92 Å². The van der Waals surface area contributed by atoms with Crippen molar-refractivity contribution in [2.75, 3.05) is 37.7 Å². The molecule has 3 aliphatic rings. The zero-order valence-corrected chi connectivity index (χ0v) is 12.3. The number of rotatable bonds is 1. The van der Waals surface area contributed by atoms with Gasteiger partial charge in [-0.2, -0.15) is 0 Å². The Kier molecular flexibility index (Phi) is 3.34. The summed E-state index contributed by atoms with van der Waals surface area (Å²) < 4.78 is 5.68. The summed E-state index contributed by atoms with van der Waals surface area (Å²) >= 11 is 0. The minimum absolute atomic E-state index is 0.0540. The lowest BCUT2D eigenvalue weighted by Gasteiger charge is -2.46. The lowest BCUT2D eigenvalue weighted by Crippen LogP contribution is -2.57. The van der Waals surface area contributed by atoms with Crippen LogP contribution in [0.1, 0.15) is 18.4 Å². The van der Waals surface area contributed by atoms with Crippen molar-refractivity contribution in [3.63, 3.8) is 0 Å². The Labute approximate surface area is 125 Å². The van der Waals surface area contributed by atoms with Gasteiger partial charge in [0, 0.05) is 25.3 Å². The van der Waals surface area contributed by atoms with Crippen LogP contribution in [0.2, 0.25) is 0 Å². The van der Waals surface area contributed by atoms with Crippen LogP contribution in [0.5, 0.6) is 0 Å². The van der Waals surface area contributed by atoms with E-state index in [0.717, 1.165) is 45.5 Å². The second kappa shape index (κ2) is 5.34. The summed E-state index contributed by atoms with van der Waals surface area (Å²) in [7, 11) is 0. The number of carbonyl (C=O) groups excluding carboxylic acids is 1. The first-order chi connectivity index (χ1) is 10.3. The highest BCUT2D eigenvalue weighted by Gasteiger charge is 2.41. The Balaban J connectivity index is 1.66. The SMILES string of the molecule is O=C(C1Cc2ccccc2N2CCOCC12)N1CCCC1. The summed E-state index contributed by atoms with van der Waals surface area (Å²) in [5.41, 5.74) is 2.62. The third-order valence-electron chi connectivity index (χ3n) is 5.11. The average Bonchev–Trinajstić information content (AvgIpc) is 3.08. The van der Waals surface area contributed by atoms with E-state index in [9.17, 15) is 4.79 Å².